The van der Waals surface area contributed by atoms with Crippen LogP contribution in [-0.4, -0.2) is 44.9 Å². The van der Waals surface area contributed by atoms with Crippen molar-refractivity contribution in [1.82, 2.24) is 44.9 Å². The molecular formula is C109H107Ir3N9O3-6. The molecule has 0 aliphatic rings. The maximum absolute atomic E-state index is 8.72. The number of fused-ring (bicyclic) bond motifs is 9. The van der Waals surface area contributed by atoms with Crippen molar-refractivity contribution in [1.29, 1.82) is 0 Å². The summed E-state index contributed by atoms with van der Waals surface area (Å²) in [5.41, 5.74) is 19.6. The van der Waals surface area contributed by atoms with E-state index in [4.69, 9.17) is 39.3 Å². The quantitative estimate of drug-likeness (QED) is 0.101. The van der Waals surface area contributed by atoms with Crippen molar-refractivity contribution in [2.24, 2.45) is 17.3 Å². The van der Waals surface area contributed by atoms with Crippen molar-refractivity contribution < 1.29 is 99.6 Å². The molecule has 18 aromatic rings. The van der Waals surface area contributed by atoms with E-state index in [9.17, 15) is 0 Å². The Morgan fingerprint density at radius 1 is 0.363 bits per heavy atom. The fourth-order valence-electron chi connectivity index (χ4n) is 13.6. The fourth-order valence-corrected chi connectivity index (χ4v) is 13.6. The van der Waals surface area contributed by atoms with Crippen molar-refractivity contribution in [3.63, 3.8) is 0 Å². The minimum atomic E-state index is -2.75. The second kappa shape index (κ2) is 43.1. The van der Waals surface area contributed by atoms with Gasteiger partial charge >= 0.3 is 0 Å². The summed E-state index contributed by atoms with van der Waals surface area (Å²) in [5, 5.41) is 5.09. The normalized spacial score (nSPS) is 14.9. The molecule has 639 valence electrons. The fraction of sp³-hybridized carbons (Fsp3) is 0.257. The van der Waals surface area contributed by atoms with Crippen LogP contribution in [-0.2, 0) is 79.5 Å². The zero-order chi connectivity index (χ0) is 102. The number of aryl methyl sites for hydroxylation is 9. The molecule has 0 fully saturated rings. The molecule has 18 rings (SSSR count). The van der Waals surface area contributed by atoms with E-state index in [-0.39, 0.29) is 88.3 Å². The van der Waals surface area contributed by atoms with Gasteiger partial charge in [0.25, 0.3) is 0 Å². The van der Waals surface area contributed by atoms with Crippen LogP contribution in [0, 0.1) is 116 Å². The van der Waals surface area contributed by atoms with E-state index in [1.54, 1.807) is 64.1 Å². The third kappa shape index (κ3) is 23.7. The number of pyridine rings is 9. The Bertz CT molecular complexity index is 7190. The maximum Gasteiger partial charge on any atom is 0.216 e. The predicted molar refractivity (Wildman–Crippen MR) is 497 cm³/mol. The van der Waals surface area contributed by atoms with Gasteiger partial charge in [-0.15, -0.1) is 162 Å². The molecule has 0 amide bonds. The number of benzene rings is 6. The van der Waals surface area contributed by atoms with E-state index in [0.29, 0.717) is 84.9 Å². The molecule has 12 nitrogen and oxygen atoms in total. The first-order valence-corrected chi connectivity index (χ1v) is 40.0. The Balaban J connectivity index is 0.000000179. The zero-order valence-electron chi connectivity index (χ0n) is 90.7. The minimum absolute atomic E-state index is 0. The summed E-state index contributed by atoms with van der Waals surface area (Å²) in [7, 11) is 0. The van der Waals surface area contributed by atoms with E-state index in [1.807, 2.05) is 161 Å². The molecule has 0 N–H and O–H groups in total. The molecule has 2 unspecified atom stereocenters. The Kier molecular flexibility index (Phi) is 24.8. The van der Waals surface area contributed by atoms with Crippen LogP contribution in [0.1, 0.15) is 192 Å². The Morgan fingerprint density at radius 3 is 1.13 bits per heavy atom. The van der Waals surface area contributed by atoms with Crippen molar-refractivity contribution in [3.05, 3.63) is 340 Å². The van der Waals surface area contributed by atoms with Crippen LogP contribution >= 0.6 is 0 Å². The molecule has 0 saturated heterocycles. The van der Waals surface area contributed by atoms with Gasteiger partial charge in [-0.05, 0) is 220 Å². The average molecular weight is 2190 g/mol. The van der Waals surface area contributed by atoms with Crippen LogP contribution in [0.15, 0.2) is 238 Å². The van der Waals surface area contributed by atoms with Crippen LogP contribution in [0.2, 0.25) is 0 Å². The summed E-state index contributed by atoms with van der Waals surface area (Å²) >= 11 is 0. The monoisotopic (exact) mass is 2190 g/mol. The summed E-state index contributed by atoms with van der Waals surface area (Å²) in [5.74, 6) is -2.56. The van der Waals surface area contributed by atoms with E-state index in [2.05, 4.69) is 135 Å². The summed E-state index contributed by atoms with van der Waals surface area (Å²) in [6, 6.07) is 76.7. The third-order valence-corrected chi connectivity index (χ3v) is 19.8. The first-order chi connectivity index (χ1) is 65.6. The van der Waals surface area contributed by atoms with Gasteiger partial charge in [-0.2, -0.15) is 0 Å². The van der Waals surface area contributed by atoms with Gasteiger partial charge in [0.2, 0.25) is 17.1 Å². The Hall–Kier alpha value is -11.0. The standard InChI is InChI=1S/C23H23N2O.C21H19N2O.C20H17N2O.2C16H18N.C13H12N.3Ir/c1-14-13-24-20(11-16(14)12-23(3,4)5)19-8-6-7-17-18-10-9-15(2)25-22(18)26-21(17)19;1-12(2)18-10-19(22-11-13(18)3)17-7-5-6-15-16-9-8-14(4)23-21(16)24-20(15)17;1-12(2)14-9-10-21-18(11-14)17-6-4-5-15-16-8-7-13(3)22-20(16)23-19(15)17;2*1-12(2)9-15-11-17-16(10-13(15)3)14-7-5-4-6-8-14;1-10-8-13(14-9-11(10)2)12-6-4-3-5-7-12;;;/h6-7,9-11,13H,12H2,1-5H3;5-6,8-12H,1-4H3;4-5,7-12H,1-3H3;2*4-7,10-12H,9H2,1-3H3;3-6,8-9H,1-2H3;;;/q6*-1;;;/i1D3,12D2;1D3,3D3,12D;1D3,12D;;;2D3;;;. The van der Waals surface area contributed by atoms with Gasteiger partial charge < -0.3 is 43.2 Å². The largest absolute Gasteiger partial charge is 0.486 e. The first-order valence-electron chi connectivity index (χ1n) is 49.5. The molecule has 0 bridgehead atoms. The number of furan rings is 3. The smallest absolute Gasteiger partial charge is 0.216 e. The molecule has 12 heterocycles. The molecule has 124 heavy (non-hydrogen) atoms. The number of aromatic nitrogens is 9. The zero-order valence-corrected chi connectivity index (χ0v) is 78.9. The van der Waals surface area contributed by atoms with Gasteiger partial charge in [-0.25, -0.2) is 15.0 Å². The maximum atomic E-state index is 8.72. The molecule has 0 aliphatic heterocycles. The molecule has 0 aliphatic carbocycles. The number of hydrogen-bond acceptors (Lipinski definition) is 12. The van der Waals surface area contributed by atoms with E-state index in [0.717, 1.165) is 108 Å². The van der Waals surface area contributed by atoms with Crippen molar-refractivity contribution in [3.8, 4) is 67.5 Å². The molecule has 12 aromatic heterocycles. The summed E-state index contributed by atoms with van der Waals surface area (Å²) in [6.07, 6.45) is 9.60. The molecule has 0 spiro atoms. The molecule has 2 atom stereocenters. The number of hydrogen-bond donors (Lipinski definition) is 0. The van der Waals surface area contributed by atoms with Gasteiger partial charge in [0, 0.05) is 157 Å². The van der Waals surface area contributed by atoms with Crippen LogP contribution in [0.25, 0.3) is 134 Å². The van der Waals surface area contributed by atoms with Gasteiger partial charge in [0.1, 0.15) is 0 Å². The van der Waals surface area contributed by atoms with Crippen molar-refractivity contribution >= 4 is 66.2 Å². The minimum Gasteiger partial charge on any atom is -0.486 e. The van der Waals surface area contributed by atoms with Crippen molar-refractivity contribution in [2.75, 3.05) is 0 Å². The van der Waals surface area contributed by atoms with Gasteiger partial charge in [-0.3, -0.25) is 0 Å². The van der Waals surface area contributed by atoms with E-state index in [1.165, 1.54) is 66.8 Å². The van der Waals surface area contributed by atoms with Gasteiger partial charge in [0.15, 0.2) is 0 Å². The van der Waals surface area contributed by atoms with Crippen LogP contribution < -0.4 is 0 Å². The summed E-state index contributed by atoms with van der Waals surface area (Å²) in [4.78, 5) is 39.5. The average Bonchev–Trinajstić information content (AvgIpc) is 1.74. The molecule has 3 radical (unpaired) electrons. The molecular weight excluding hydrogens is 2060 g/mol. The topological polar surface area (TPSA) is 155 Å². The first kappa shape index (κ1) is 71.3. The summed E-state index contributed by atoms with van der Waals surface area (Å²) in [6.45, 7) is 16.1. The molecule has 0 saturated carbocycles. The van der Waals surface area contributed by atoms with E-state index >= 15 is 0 Å². The Labute approximate surface area is 799 Å². The van der Waals surface area contributed by atoms with Crippen LogP contribution in [0.3, 0.4) is 0 Å². The second-order valence-electron chi connectivity index (χ2n) is 31.7. The molecule has 15 heteroatoms. The second-order valence-corrected chi connectivity index (χ2v) is 31.7. The SMILES string of the molecule is Cc1cc(-c2[c-]cccc2)ncc1CC(C)C.Cc1cc(-c2[c-]cccc2)ncc1CC(C)C.[2H]C([2H])([2H])C([2H])(C)c1ccnc(-c2[c-]ccc3c2oc2nc(C)ccc23)c1.[2H]C([2H])([2H])c1cnc(-c2[c-]ccc3c2oc2nc(C)ccc23)cc1C([2H])(C)C([2H])([2H])[2H].[2H]C([2H])([2H])c1cnc(-c2[c-]ccc3c2oc2nc(C)ccc23)cc1C([2H])([2H])C(C)(C)C.[2H]C([2H])([2H])c1cnc(-c2[c-]cccc2)cc1C.[Ir].[Ir].[Ir]. The Morgan fingerprint density at radius 2 is 0.750 bits per heavy atom. The van der Waals surface area contributed by atoms with Gasteiger partial charge in [-0.1, -0.05) is 173 Å². The molecule has 6 aromatic carbocycles. The van der Waals surface area contributed by atoms with Crippen LogP contribution in [0.4, 0.5) is 0 Å². The summed E-state index contributed by atoms with van der Waals surface area (Å²) < 4.78 is 168. The van der Waals surface area contributed by atoms with E-state index < -0.39 is 57.8 Å². The predicted octanol–water partition coefficient (Wildman–Crippen LogP) is 28.2. The van der Waals surface area contributed by atoms with Crippen LogP contribution in [0.5, 0.6) is 0 Å². The number of nitrogens with zero attached hydrogens (tertiary/aromatic N) is 9. The third-order valence-electron chi connectivity index (χ3n) is 19.8. The van der Waals surface area contributed by atoms with Crippen molar-refractivity contribution in [2.45, 2.75) is 169 Å². The number of rotatable bonds is 13. The van der Waals surface area contributed by atoms with Gasteiger partial charge in [0.05, 0.1) is 16.7 Å².